The summed E-state index contributed by atoms with van der Waals surface area (Å²) in [7, 11) is 1.63. The van der Waals surface area contributed by atoms with E-state index in [0.717, 1.165) is 48.9 Å². The van der Waals surface area contributed by atoms with E-state index in [9.17, 15) is 20.3 Å². The molecule has 3 fully saturated rings. The molecule has 0 saturated heterocycles. The Hall–Kier alpha value is -2.92. The third-order valence-electron chi connectivity index (χ3n) is 13.2. The second kappa shape index (κ2) is 10.3. The number of ether oxygens (including phenoxy) is 1. The molecule has 7 heteroatoms. The standard InChI is InChI=1S/C38H44N2O4S/c1-23-18-24(2)40-33(28(23)21-39)45-22-37(43)15-12-31-35(37,4)14-11-30-34(3)13-10-26(41)19-36(34)16-17-38(30,31)29(20-36)32(42)25-6-8-27(44-5)9-7-25/h6-9,16-18,20,26,30-31,41,43H,10-15,19,22H2,1-5H3/t26?,30-,31-,34-,35+,36+,37-,38-/m1/s1. The lowest BCUT2D eigenvalue weighted by Gasteiger charge is -2.71. The summed E-state index contributed by atoms with van der Waals surface area (Å²) < 4.78 is 5.38. The van der Waals surface area contributed by atoms with Gasteiger partial charge in [-0.05, 0) is 112 Å². The number of fused-ring (bicyclic) bond motifs is 1. The maximum Gasteiger partial charge on any atom is 0.189 e. The predicted molar refractivity (Wildman–Crippen MR) is 175 cm³/mol. The lowest BCUT2D eigenvalue weighted by atomic mass is 9.32. The van der Waals surface area contributed by atoms with Crippen molar-refractivity contribution in [3.05, 3.63) is 76.5 Å². The summed E-state index contributed by atoms with van der Waals surface area (Å²) >= 11 is 1.50. The Morgan fingerprint density at radius 3 is 2.47 bits per heavy atom. The monoisotopic (exact) mass is 624 g/mol. The number of hydrogen-bond donors (Lipinski definition) is 2. The number of methoxy groups -OCH3 is 1. The zero-order valence-electron chi connectivity index (χ0n) is 27.0. The van der Waals surface area contributed by atoms with E-state index in [-0.39, 0.29) is 34.6 Å². The maximum atomic E-state index is 14.7. The first kappa shape index (κ1) is 30.7. The van der Waals surface area contributed by atoms with Crippen LogP contribution in [0.4, 0.5) is 0 Å². The molecule has 8 rings (SSSR count). The van der Waals surface area contributed by atoms with Crippen LogP contribution in [0.15, 0.2) is 59.2 Å². The van der Waals surface area contributed by atoms with E-state index in [0.29, 0.717) is 40.5 Å². The molecule has 1 heterocycles. The zero-order chi connectivity index (χ0) is 32.0. The molecule has 0 aliphatic heterocycles. The summed E-state index contributed by atoms with van der Waals surface area (Å²) in [6.45, 7) is 8.54. The van der Waals surface area contributed by atoms with Crippen LogP contribution in [0.5, 0.6) is 5.75 Å². The molecule has 2 spiro atoms. The Labute approximate surface area is 271 Å². The Morgan fingerprint density at radius 1 is 1.07 bits per heavy atom. The van der Waals surface area contributed by atoms with Crippen molar-refractivity contribution in [1.29, 1.82) is 5.26 Å². The minimum Gasteiger partial charge on any atom is -0.497 e. The molecule has 0 amide bonds. The van der Waals surface area contributed by atoms with Gasteiger partial charge in [-0.2, -0.15) is 5.26 Å². The van der Waals surface area contributed by atoms with Crippen molar-refractivity contribution < 1.29 is 19.7 Å². The van der Waals surface area contributed by atoms with Crippen molar-refractivity contribution in [3.8, 4) is 11.8 Å². The van der Waals surface area contributed by atoms with Gasteiger partial charge in [0.15, 0.2) is 5.78 Å². The SMILES string of the molecule is COc1ccc(C(=O)C2=C[C@@]34C=C[C@@]25[C@@H]2CC[C@@](O)(CSc6nc(C)cc(C)c6C#N)[C@@]2(C)CC[C@@H]5[C@@]3(C)CCC(O)C4)cc1. The zero-order valence-corrected chi connectivity index (χ0v) is 27.8. The molecular formula is C38H44N2O4S. The average Bonchev–Trinajstić information content (AvgIpc) is 3.30. The van der Waals surface area contributed by atoms with Gasteiger partial charge in [0.25, 0.3) is 0 Å². The van der Waals surface area contributed by atoms with Crippen LogP contribution < -0.4 is 4.74 Å². The second-order valence-corrected chi connectivity index (χ2v) is 16.0. The Kier molecular flexibility index (Phi) is 7.02. The number of aromatic nitrogens is 1. The van der Waals surface area contributed by atoms with Crippen LogP contribution in [0.2, 0.25) is 0 Å². The van der Waals surface area contributed by atoms with Gasteiger partial charge in [-0.1, -0.05) is 32.1 Å². The molecule has 1 unspecified atom stereocenters. The highest BCUT2D eigenvalue weighted by molar-refractivity contribution is 7.99. The fourth-order valence-corrected chi connectivity index (χ4v) is 12.1. The molecular weight excluding hydrogens is 580 g/mol. The van der Waals surface area contributed by atoms with Gasteiger partial charge in [-0.15, -0.1) is 11.8 Å². The van der Waals surface area contributed by atoms with Crippen LogP contribution >= 0.6 is 11.8 Å². The van der Waals surface area contributed by atoms with E-state index in [4.69, 9.17) is 9.72 Å². The average molecular weight is 625 g/mol. The van der Waals surface area contributed by atoms with E-state index in [1.807, 2.05) is 44.2 Å². The largest absolute Gasteiger partial charge is 0.497 e. The van der Waals surface area contributed by atoms with Gasteiger partial charge in [-0.3, -0.25) is 4.79 Å². The molecule has 0 radical (unpaired) electrons. The molecule has 1 aromatic heterocycles. The van der Waals surface area contributed by atoms with E-state index in [1.165, 1.54) is 11.8 Å². The molecule has 2 N–H and O–H groups in total. The summed E-state index contributed by atoms with van der Waals surface area (Å²) in [5.41, 5.74) is 1.48. The molecule has 236 valence electrons. The van der Waals surface area contributed by atoms with Crippen molar-refractivity contribution >= 4 is 17.5 Å². The number of carbonyl (C=O) groups excluding carboxylic acids is 1. The minimum atomic E-state index is -0.980. The third-order valence-corrected chi connectivity index (χ3v) is 14.4. The van der Waals surface area contributed by atoms with E-state index >= 15 is 0 Å². The van der Waals surface area contributed by atoms with Crippen LogP contribution in [0.1, 0.15) is 86.0 Å². The van der Waals surface area contributed by atoms with Crippen LogP contribution in [-0.2, 0) is 0 Å². The number of ketones is 1. The number of hydrogen-bond acceptors (Lipinski definition) is 7. The molecule has 8 atom stereocenters. The van der Waals surface area contributed by atoms with Gasteiger partial charge in [0.05, 0.1) is 24.4 Å². The van der Waals surface area contributed by atoms with Crippen molar-refractivity contribution in [1.82, 2.24) is 4.98 Å². The van der Waals surface area contributed by atoms with Gasteiger partial charge in [0, 0.05) is 38.8 Å². The highest BCUT2D eigenvalue weighted by atomic mass is 32.2. The number of nitrogens with zero attached hydrogens (tertiary/aromatic N) is 2. The van der Waals surface area contributed by atoms with Crippen LogP contribution in [0.3, 0.4) is 0 Å². The maximum absolute atomic E-state index is 14.7. The molecule has 45 heavy (non-hydrogen) atoms. The number of allylic oxidation sites excluding steroid dienone is 4. The molecule has 6 aliphatic carbocycles. The van der Waals surface area contributed by atoms with Crippen molar-refractivity contribution in [2.24, 2.45) is 33.5 Å². The number of benzene rings is 1. The highest BCUT2D eigenvalue weighted by Crippen LogP contribution is 2.78. The van der Waals surface area contributed by atoms with Crippen molar-refractivity contribution in [2.45, 2.75) is 89.4 Å². The lowest BCUT2D eigenvalue weighted by molar-refractivity contribution is -0.166. The molecule has 6 nitrogen and oxygen atoms in total. The van der Waals surface area contributed by atoms with Crippen LogP contribution in [0, 0.1) is 58.7 Å². The van der Waals surface area contributed by atoms with Gasteiger partial charge >= 0.3 is 0 Å². The molecule has 3 saturated carbocycles. The van der Waals surface area contributed by atoms with Gasteiger partial charge in [0.2, 0.25) is 0 Å². The summed E-state index contributed by atoms with van der Waals surface area (Å²) in [5, 5.41) is 34.2. The summed E-state index contributed by atoms with van der Waals surface area (Å²) in [6, 6.07) is 11.7. The van der Waals surface area contributed by atoms with E-state index < -0.39 is 16.4 Å². The topological polar surface area (TPSA) is 103 Å². The molecule has 6 aliphatic rings. The minimum absolute atomic E-state index is 0.0423. The number of Topliss-reactive ketones (excluding diaryl/α,β-unsaturated/α-hetero) is 1. The number of aryl methyl sites for hydroxylation is 2. The van der Waals surface area contributed by atoms with Gasteiger partial charge < -0.3 is 14.9 Å². The molecule has 2 bridgehead atoms. The molecule has 2 aromatic rings. The van der Waals surface area contributed by atoms with Gasteiger partial charge in [0.1, 0.15) is 16.8 Å². The number of aliphatic hydroxyl groups excluding tert-OH is 1. The second-order valence-electron chi connectivity index (χ2n) is 15.0. The normalized spacial score (nSPS) is 39.3. The number of nitriles is 1. The Morgan fingerprint density at radius 2 is 1.76 bits per heavy atom. The lowest BCUT2D eigenvalue weighted by Crippen LogP contribution is -2.67. The van der Waals surface area contributed by atoms with E-state index in [2.05, 4.69) is 38.1 Å². The Balaban J connectivity index is 1.31. The number of pyridine rings is 1. The number of carbonyl (C=O) groups is 1. The first-order valence-electron chi connectivity index (χ1n) is 16.4. The van der Waals surface area contributed by atoms with Crippen molar-refractivity contribution in [2.75, 3.05) is 12.9 Å². The molecule has 1 aromatic carbocycles. The number of aliphatic hydroxyl groups is 2. The van der Waals surface area contributed by atoms with Crippen LogP contribution in [0.25, 0.3) is 0 Å². The summed E-state index contributed by atoms with van der Waals surface area (Å²) in [4.78, 5) is 19.4. The summed E-state index contributed by atoms with van der Waals surface area (Å²) in [5.74, 6) is 1.52. The third kappa shape index (κ3) is 4.08. The smallest absolute Gasteiger partial charge is 0.189 e. The first-order chi connectivity index (χ1) is 21.4. The number of rotatable bonds is 6. The van der Waals surface area contributed by atoms with Crippen molar-refractivity contribution in [3.63, 3.8) is 0 Å². The highest BCUT2D eigenvalue weighted by Gasteiger charge is 2.74. The van der Waals surface area contributed by atoms with Crippen LogP contribution in [-0.4, -0.2) is 45.5 Å². The fourth-order valence-electron chi connectivity index (χ4n) is 10.7. The van der Waals surface area contributed by atoms with Gasteiger partial charge in [-0.25, -0.2) is 4.98 Å². The quantitative estimate of drug-likeness (QED) is 0.200. The number of thioether (sulfide) groups is 1. The Bertz CT molecular complexity index is 1680. The van der Waals surface area contributed by atoms with E-state index in [1.54, 1.807) is 7.11 Å². The fraction of sp³-hybridized carbons (Fsp3) is 0.553. The first-order valence-corrected chi connectivity index (χ1v) is 17.4. The predicted octanol–water partition coefficient (Wildman–Crippen LogP) is 7.14. The summed E-state index contributed by atoms with van der Waals surface area (Å²) in [6.07, 6.45) is 12.1.